The van der Waals surface area contributed by atoms with E-state index in [1.165, 1.54) is 6.07 Å². The number of nitrogens with zero attached hydrogens (tertiary/aromatic N) is 1. The van der Waals surface area contributed by atoms with Gasteiger partial charge in [0.15, 0.2) is 0 Å². The van der Waals surface area contributed by atoms with E-state index in [1.807, 2.05) is 17.7 Å². The van der Waals surface area contributed by atoms with Crippen molar-refractivity contribution in [3.63, 3.8) is 0 Å². The number of hydrogen-bond donors (Lipinski definition) is 1. The fraction of sp³-hybridized carbons (Fsp3) is 0.250. The topological polar surface area (TPSA) is 42.2 Å². The van der Waals surface area contributed by atoms with Crippen LogP contribution in [0.25, 0.3) is 10.9 Å². The van der Waals surface area contributed by atoms with Crippen LogP contribution in [-0.2, 0) is 18.3 Å². The lowest BCUT2D eigenvalue weighted by Gasteiger charge is -1.97. The summed E-state index contributed by atoms with van der Waals surface area (Å²) in [6, 6.07) is 4.87. The highest BCUT2D eigenvalue weighted by Gasteiger charge is 2.11. The molecule has 0 fully saturated rings. The molecular formula is C12H12FNO2. The van der Waals surface area contributed by atoms with E-state index in [1.54, 1.807) is 12.3 Å². The van der Waals surface area contributed by atoms with Crippen molar-refractivity contribution in [1.29, 1.82) is 0 Å². The maximum Gasteiger partial charge on any atom is 0.303 e. The van der Waals surface area contributed by atoms with Crippen LogP contribution in [0.2, 0.25) is 0 Å². The number of rotatable bonds is 3. The third kappa shape index (κ3) is 1.78. The molecule has 0 spiro atoms. The number of hydrogen-bond acceptors (Lipinski definition) is 1. The highest BCUT2D eigenvalue weighted by molar-refractivity contribution is 5.85. The van der Waals surface area contributed by atoms with Crippen LogP contribution in [0.3, 0.4) is 0 Å². The van der Waals surface area contributed by atoms with Crippen molar-refractivity contribution >= 4 is 16.9 Å². The Morgan fingerprint density at radius 3 is 2.94 bits per heavy atom. The molecule has 0 bridgehead atoms. The Balaban J connectivity index is 2.49. The van der Waals surface area contributed by atoms with Crippen LogP contribution in [0.4, 0.5) is 4.39 Å². The van der Waals surface area contributed by atoms with Gasteiger partial charge in [-0.15, -0.1) is 0 Å². The van der Waals surface area contributed by atoms with Crippen LogP contribution in [0, 0.1) is 5.82 Å². The number of benzene rings is 1. The molecule has 3 nitrogen and oxygen atoms in total. The van der Waals surface area contributed by atoms with Crippen molar-refractivity contribution in [2.24, 2.45) is 7.05 Å². The van der Waals surface area contributed by atoms with Crippen molar-refractivity contribution in [2.75, 3.05) is 0 Å². The molecule has 0 aliphatic carbocycles. The number of aryl methyl sites for hydroxylation is 2. The van der Waals surface area contributed by atoms with Gasteiger partial charge in [-0.3, -0.25) is 4.79 Å². The van der Waals surface area contributed by atoms with E-state index in [9.17, 15) is 9.18 Å². The van der Waals surface area contributed by atoms with E-state index < -0.39 is 5.97 Å². The van der Waals surface area contributed by atoms with Gasteiger partial charge in [-0.2, -0.15) is 0 Å². The monoisotopic (exact) mass is 221 g/mol. The number of aliphatic carboxylic acids is 1. The van der Waals surface area contributed by atoms with Crippen molar-refractivity contribution in [2.45, 2.75) is 12.8 Å². The van der Waals surface area contributed by atoms with Gasteiger partial charge in [-0.05, 0) is 24.1 Å². The normalized spacial score (nSPS) is 10.9. The Hall–Kier alpha value is -1.84. The van der Waals surface area contributed by atoms with E-state index in [-0.39, 0.29) is 12.2 Å². The van der Waals surface area contributed by atoms with Crippen LogP contribution in [-0.4, -0.2) is 15.6 Å². The van der Waals surface area contributed by atoms with Gasteiger partial charge < -0.3 is 9.67 Å². The Labute approximate surface area is 92.1 Å². The first-order valence-electron chi connectivity index (χ1n) is 5.04. The van der Waals surface area contributed by atoms with E-state index in [2.05, 4.69) is 0 Å². The summed E-state index contributed by atoms with van der Waals surface area (Å²) in [6.45, 7) is 0. The van der Waals surface area contributed by atoms with Gasteiger partial charge in [0.1, 0.15) is 5.82 Å². The minimum atomic E-state index is -0.867. The summed E-state index contributed by atoms with van der Waals surface area (Å²) in [6.07, 6.45) is 2.16. The molecule has 0 saturated carbocycles. The molecule has 2 rings (SSSR count). The van der Waals surface area contributed by atoms with Gasteiger partial charge in [0.25, 0.3) is 0 Å². The molecule has 84 valence electrons. The molecule has 0 unspecified atom stereocenters. The van der Waals surface area contributed by atoms with Crippen LogP contribution in [0.1, 0.15) is 12.0 Å². The van der Waals surface area contributed by atoms with Gasteiger partial charge in [0, 0.05) is 25.1 Å². The van der Waals surface area contributed by atoms with Gasteiger partial charge in [-0.1, -0.05) is 6.07 Å². The van der Waals surface area contributed by atoms with Crippen molar-refractivity contribution in [1.82, 2.24) is 4.57 Å². The molecule has 4 heteroatoms. The number of carbonyl (C=O) groups is 1. The molecule has 0 atom stereocenters. The first-order valence-corrected chi connectivity index (χ1v) is 5.04. The van der Waals surface area contributed by atoms with Crippen LogP contribution < -0.4 is 0 Å². The second-order valence-corrected chi connectivity index (χ2v) is 3.79. The summed E-state index contributed by atoms with van der Waals surface area (Å²) in [7, 11) is 1.83. The summed E-state index contributed by atoms with van der Waals surface area (Å²) in [5, 5.41) is 9.16. The van der Waals surface area contributed by atoms with E-state index in [4.69, 9.17) is 5.11 Å². The average molecular weight is 221 g/mol. The van der Waals surface area contributed by atoms with Gasteiger partial charge in [0.2, 0.25) is 0 Å². The Morgan fingerprint density at radius 2 is 2.25 bits per heavy atom. The molecule has 0 aliphatic rings. The molecule has 1 aromatic heterocycles. The number of fused-ring (bicyclic) bond motifs is 1. The number of carboxylic acids is 1. The van der Waals surface area contributed by atoms with Crippen molar-refractivity contribution < 1.29 is 14.3 Å². The third-order valence-corrected chi connectivity index (χ3v) is 2.65. The minimum Gasteiger partial charge on any atom is -0.481 e. The zero-order valence-electron chi connectivity index (χ0n) is 8.90. The number of carboxylic acid groups (broad SMARTS) is 1. The highest BCUT2D eigenvalue weighted by atomic mass is 19.1. The summed E-state index contributed by atoms with van der Waals surface area (Å²) >= 11 is 0. The van der Waals surface area contributed by atoms with Gasteiger partial charge in [-0.25, -0.2) is 4.39 Å². The van der Waals surface area contributed by atoms with Crippen molar-refractivity contribution in [3.05, 3.63) is 35.8 Å². The Morgan fingerprint density at radius 1 is 1.50 bits per heavy atom. The standard InChI is InChI=1S/C12H12FNO2/c1-14-7-8(5-6-11(15)16)12-9(13)3-2-4-10(12)14/h2-4,7H,5-6H2,1H3,(H,15,16). The summed E-state index contributed by atoms with van der Waals surface area (Å²) in [5.41, 5.74) is 1.54. The molecule has 0 saturated heterocycles. The smallest absolute Gasteiger partial charge is 0.303 e. The quantitative estimate of drug-likeness (QED) is 0.864. The fourth-order valence-electron chi connectivity index (χ4n) is 1.92. The largest absolute Gasteiger partial charge is 0.481 e. The van der Waals surface area contributed by atoms with Crippen LogP contribution in [0.15, 0.2) is 24.4 Å². The highest BCUT2D eigenvalue weighted by Crippen LogP contribution is 2.24. The lowest BCUT2D eigenvalue weighted by atomic mass is 10.1. The molecule has 1 N–H and O–H groups in total. The molecule has 1 heterocycles. The zero-order chi connectivity index (χ0) is 11.7. The second kappa shape index (κ2) is 3.96. The van der Waals surface area contributed by atoms with Crippen LogP contribution in [0.5, 0.6) is 0 Å². The molecule has 0 aliphatic heterocycles. The second-order valence-electron chi connectivity index (χ2n) is 3.79. The minimum absolute atomic E-state index is 0.0213. The number of halogens is 1. The van der Waals surface area contributed by atoms with E-state index >= 15 is 0 Å². The maximum atomic E-state index is 13.6. The molecule has 2 aromatic rings. The molecule has 1 aromatic carbocycles. The lowest BCUT2D eigenvalue weighted by molar-refractivity contribution is -0.136. The van der Waals surface area contributed by atoms with Gasteiger partial charge in [0.05, 0.1) is 5.52 Å². The predicted octanol–water partition coefficient (Wildman–Crippen LogP) is 2.33. The molecule has 0 radical (unpaired) electrons. The van der Waals surface area contributed by atoms with Gasteiger partial charge >= 0.3 is 5.97 Å². The Bertz CT molecular complexity index is 545. The predicted molar refractivity (Wildman–Crippen MR) is 58.8 cm³/mol. The average Bonchev–Trinajstić information content (AvgIpc) is 2.55. The van der Waals surface area contributed by atoms with E-state index in [0.717, 1.165) is 11.1 Å². The third-order valence-electron chi connectivity index (χ3n) is 2.65. The lowest BCUT2D eigenvalue weighted by Crippen LogP contribution is -1.97. The number of aromatic nitrogens is 1. The Kier molecular flexibility index (Phi) is 2.64. The van der Waals surface area contributed by atoms with Crippen molar-refractivity contribution in [3.8, 4) is 0 Å². The fourth-order valence-corrected chi connectivity index (χ4v) is 1.92. The molecule has 16 heavy (non-hydrogen) atoms. The molecule has 0 amide bonds. The maximum absolute atomic E-state index is 13.6. The van der Waals surface area contributed by atoms with Crippen LogP contribution >= 0.6 is 0 Å². The SMILES string of the molecule is Cn1cc(CCC(=O)O)c2c(F)cccc21. The first-order chi connectivity index (χ1) is 7.59. The first kappa shape index (κ1) is 10.7. The summed E-state index contributed by atoms with van der Waals surface area (Å²) < 4.78 is 15.4. The summed E-state index contributed by atoms with van der Waals surface area (Å²) in [5.74, 6) is -1.16. The zero-order valence-corrected chi connectivity index (χ0v) is 8.90. The summed E-state index contributed by atoms with van der Waals surface area (Å²) in [4.78, 5) is 10.5. The molecular weight excluding hydrogens is 209 g/mol. The van der Waals surface area contributed by atoms with E-state index in [0.29, 0.717) is 11.8 Å².